The smallest absolute Gasteiger partial charge is 0.204 e. The van der Waals surface area contributed by atoms with E-state index in [0.29, 0.717) is 13.1 Å². The maximum absolute atomic E-state index is 11.3. The van der Waals surface area contributed by atoms with Crippen LogP contribution in [0.2, 0.25) is 0 Å². The summed E-state index contributed by atoms with van der Waals surface area (Å²) in [6, 6.07) is 19.2. The van der Waals surface area contributed by atoms with Gasteiger partial charge in [0.05, 0.1) is 0 Å². The minimum atomic E-state index is -2.58. The van der Waals surface area contributed by atoms with Crippen LogP contribution < -0.4 is 0 Å². The number of thiol groups is 1. The zero-order chi connectivity index (χ0) is 12.8. The van der Waals surface area contributed by atoms with Gasteiger partial charge in [-0.15, -0.1) is 0 Å². The minimum absolute atomic E-state index is 0.411. The highest BCUT2D eigenvalue weighted by molar-refractivity contribution is 7.69. The molecule has 0 saturated carbocycles. The van der Waals surface area contributed by atoms with E-state index in [4.69, 9.17) is 0 Å². The molecule has 0 aromatic heterocycles. The van der Waals surface area contributed by atoms with E-state index in [1.807, 2.05) is 60.7 Å². The van der Waals surface area contributed by atoms with E-state index in [1.54, 1.807) is 0 Å². The summed E-state index contributed by atoms with van der Waals surface area (Å²) in [5.74, 6) is 0. The van der Waals surface area contributed by atoms with Crippen molar-refractivity contribution in [2.24, 2.45) is 0 Å². The average Bonchev–Trinajstić information content (AvgIpc) is 2.40. The molecule has 0 fully saturated rings. The van der Waals surface area contributed by atoms with E-state index in [2.05, 4.69) is 0 Å². The Balaban J connectivity index is 2.10. The van der Waals surface area contributed by atoms with E-state index in [9.17, 15) is 8.42 Å². The predicted molar refractivity (Wildman–Crippen MR) is 72.4 cm³/mol. The molecule has 2 aromatic rings. The third kappa shape index (κ3) is 3.68. The molecule has 0 aliphatic heterocycles. The lowest BCUT2D eigenvalue weighted by atomic mass is 10.2. The van der Waals surface area contributed by atoms with Crippen molar-refractivity contribution >= 4 is 10.9 Å². The van der Waals surface area contributed by atoms with E-state index >= 15 is 0 Å². The lowest BCUT2D eigenvalue weighted by Gasteiger charge is -2.15. The van der Waals surface area contributed by atoms with Crippen molar-refractivity contribution in [2.75, 3.05) is 0 Å². The fourth-order valence-corrected chi connectivity index (χ4v) is 2.32. The molecule has 0 radical (unpaired) electrons. The molecule has 0 heterocycles. The Kier molecular flexibility index (Phi) is 4.50. The van der Waals surface area contributed by atoms with Crippen molar-refractivity contribution in [1.82, 2.24) is 4.31 Å². The van der Waals surface area contributed by atoms with Crippen LogP contribution in [0.4, 0.5) is 0 Å². The maximum Gasteiger partial charge on any atom is 0.204 e. The van der Waals surface area contributed by atoms with Gasteiger partial charge >= 0.3 is 0 Å². The Morgan fingerprint density at radius 3 is 1.44 bits per heavy atom. The molecule has 2 rings (SSSR count). The molecular formula is C14H15NO2S. The molecule has 0 aliphatic rings. The van der Waals surface area contributed by atoms with Gasteiger partial charge in [-0.05, 0) is 11.1 Å². The Morgan fingerprint density at radius 2 is 1.11 bits per heavy atom. The maximum atomic E-state index is 11.3. The summed E-state index contributed by atoms with van der Waals surface area (Å²) in [5, 5.41) is 0. The molecule has 0 unspecified atom stereocenters. The highest BCUT2D eigenvalue weighted by Crippen LogP contribution is 2.09. The highest BCUT2D eigenvalue weighted by Gasteiger charge is 2.08. The fourth-order valence-electron chi connectivity index (χ4n) is 1.76. The van der Waals surface area contributed by atoms with Crippen LogP contribution in [-0.4, -0.2) is 12.7 Å². The van der Waals surface area contributed by atoms with Crippen molar-refractivity contribution in [3.63, 3.8) is 0 Å². The first-order valence-electron chi connectivity index (χ1n) is 5.73. The summed E-state index contributed by atoms with van der Waals surface area (Å²) in [4.78, 5) is 0. The van der Waals surface area contributed by atoms with Crippen molar-refractivity contribution < 1.29 is 8.42 Å². The van der Waals surface area contributed by atoms with Crippen molar-refractivity contribution in [1.29, 1.82) is 0 Å². The van der Waals surface area contributed by atoms with Gasteiger partial charge in [0.1, 0.15) is 0 Å². The highest BCUT2D eigenvalue weighted by atomic mass is 32.2. The van der Waals surface area contributed by atoms with Crippen LogP contribution in [0.25, 0.3) is 0 Å². The standard InChI is InChI=1S/C14H15NO2S/c16-18(17)15(11-13-7-3-1-4-8-13)12-14-9-5-2-6-10-14/h1-10,18H,11-12H2. The molecule has 0 spiro atoms. The van der Waals surface area contributed by atoms with Gasteiger partial charge in [0, 0.05) is 13.1 Å². The van der Waals surface area contributed by atoms with Crippen LogP contribution in [0.5, 0.6) is 0 Å². The third-order valence-corrected chi connectivity index (χ3v) is 3.39. The lowest BCUT2D eigenvalue weighted by molar-refractivity contribution is 0.416. The van der Waals surface area contributed by atoms with E-state index in [-0.39, 0.29) is 0 Å². The molecule has 94 valence electrons. The fraction of sp³-hybridized carbons (Fsp3) is 0.143. The van der Waals surface area contributed by atoms with Crippen LogP contribution in [0.3, 0.4) is 0 Å². The summed E-state index contributed by atoms with van der Waals surface area (Å²) in [7, 11) is -2.58. The van der Waals surface area contributed by atoms with Crippen molar-refractivity contribution in [3.8, 4) is 0 Å². The molecule has 0 saturated heterocycles. The summed E-state index contributed by atoms with van der Waals surface area (Å²) in [6.07, 6.45) is 0. The van der Waals surface area contributed by atoms with Gasteiger partial charge in [-0.3, -0.25) is 0 Å². The summed E-state index contributed by atoms with van der Waals surface area (Å²) in [5.41, 5.74) is 1.99. The molecule has 2 aromatic carbocycles. The number of benzene rings is 2. The van der Waals surface area contributed by atoms with Gasteiger partial charge in [-0.1, -0.05) is 60.7 Å². The van der Waals surface area contributed by atoms with Crippen LogP contribution in [-0.2, 0) is 24.0 Å². The number of nitrogens with zero attached hydrogens (tertiary/aromatic N) is 1. The van der Waals surface area contributed by atoms with Crippen LogP contribution >= 0.6 is 0 Å². The minimum Gasteiger partial charge on any atom is -0.215 e. The van der Waals surface area contributed by atoms with Crippen molar-refractivity contribution in [2.45, 2.75) is 13.1 Å². The molecule has 18 heavy (non-hydrogen) atoms. The number of hydrogen-bond acceptors (Lipinski definition) is 2. The molecule has 4 heteroatoms. The Hall–Kier alpha value is -1.65. The lowest BCUT2D eigenvalue weighted by Crippen LogP contribution is -2.20. The Labute approximate surface area is 109 Å². The average molecular weight is 261 g/mol. The molecule has 3 nitrogen and oxygen atoms in total. The molecule has 0 amide bonds. The summed E-state index contributed by atoms with van der Waals surface area (Å²) >= 11 is 0. The van der Waals surface area contributed by atoms with Gasteiger partial charge in [0.25, 0.3) is 0 Å². The van der Waals surface area contributed by atoms with E-state index < -0.39 is 10.9 Å². The largest absolute Gasteiger partial charge is 0.215 e. The topological polar surface area (TPSA) is 37.4 Å². The summed E-state index contributed by atoms with van der Waals surface area (Å²) < 4.78 is 24.0. The van der Waals surface area contributed by atoms with Crippen LogP contribution in [0, 0.1) is 0 Å². The normalized spacial score (nSPS) is 11.0. The summed E-state index contributed by atoms with van der Waals surface area (Å²) in [6.45, 7) is 0.822. The van der Waals surface area contributed by atoms with Gasteiger partial charge < -0.3 is 0 Å². The molecule has 0 aliphatic carbocycles. The zero-order valence-electron chi connectivity index (χ0n) is 9.90. The van der Waals surface area contributed by atoms with Gasteiger partial charge in [-0.2, -0.15) is 4.31 Å². The number of rotatable bonds is 5. The third-order valence-electron chi connectivity index (χ3n) is 2.65. The first-order chi connectivity index (χ1) is 8.75. The van der Waals surface area contributed by atoms with Gasteiger partial charge in [0.15, 0.2) is 0 Å². The SMILES string of the molecule is O=[SH](=O)N(Cc1ccccc1)Cc1ccccc1. The van der Waals surface area contributed by atoms with Crippen LogP contribution in [0.1, 0.15) is 11.1 Å². The first kappa shape index (κ1) is 12.8. The van der Waals surface area contributed by atoms with E-state index in [0.717, 1.165) is 11.1 Å². The number of hydrogen-bond donors (Lipinski definition) is 1. The van der Waals surface area contributed by atoms with Crippen molar-refractivity contribution in [3.05, 3.63) is 71.8 Å². The zero-order valence-corrected chi connectivity index (χ0v) is 10.8. The second-order valence-electron chi connectivity index (χ2n) is 4.03. The second kappa shape index (κ2) is 6.33. The molecular weight excluding hydrogens is 246 g/mol. The Bertz CT molecular complexity index is 503. The second-order valence-corrected chi connectivity index (χ2v) is 5.07. The Morgan fingerprint density at radius 1 is 0.722 bits per heavy atom. The van der Waals surface area contributed by atoms with Gasteiger partial charge in [-0.25, -0.2) is 8.42 Å². The van der Waals surface area contributed by atoms with Gasteiger partial charge in [0.2, 0.25) is 10.9 Å². The van der Waals surface area contributed by atoms with Crippen LogP contribution in [0.15, 0.2) is 60.7 Å². The predicted octanol–water partition coefficient (Wildman–Crippen LogP) is 2.22. The van der Waals surface area contributed by atoms with E-state index in [1.165, 1.54) is 4.31 Å². The molecule has 0 bridgehead atoms. The first-order valence-corrected chi connectivity index (χ1v) is 6.86. The monoisotopic (exact) mass is 261 g/mol. The quantitative estimate of drug-likeness (QED) is 0.838. The molecule has 0 N–H and O–H groups in total. The molecule has 0 atom stereocenters.